The van der Waals surface area contributed by atoms with Gasteiger partial charge in [-0.3, -0.25) is 4.79 Å². The summed E-state index contributed by atoms with van der Waals surface area (Å²) in [6.07, 6.45) is 5.94. The van der Waals surface area contributed by atoms with Crippen LogP contribution in [0.1, 0.15) is 17.4 Å². The van der Waals surface area contributed by atoms with E-state index in [9.17, 15) is 4.79 Å². The Bertz CT molecular complexity index is 1150. The molecule has 2 aromatic heterocycles. The molecule has 0 atom stereocenters. The van der Waals surface area contributed by atoms with Gasteiger partial charge in [0.15, 0.2) is 0 Å². The van der Waals surface area contributed by atoms with E-state index >= 15 is 0 Å². The summed E-state index contributed by atoms with van der Waals surface area (Å²) >= 11 is 13.8. The highest BCUT2D eigenvalue weighted by Crippen LogP contribution is 2.38. The fourth-order valence-electron chi connectivity index (χ4n) is 3.49. The molecule has 3 heterocycles. The first kappa shape index (κ1) is 22.0. The summed E-state index contributed by atoms with van der Waals surface area (Å²) in [6.45, 7) is 5.08. The number of halogens is 2. The highest BCUT2D eigenvalue weighted by molar-refractivity contribution is 7.19. The molecule has 9 heteroatoms. The molecule has 31 heavy (non-hydrogen) atoms. The minimum Gasteiger partial charge on any atom is -0.340 e. The molecule has 3 aromatic rings. The second-order valence-corrected chi connectivity index (χ2v) is 9.33. The number of carbonyl (C=O) groups excluding carboxylic acids is 1. The van der Waals surface area contributed by atoms with E-state index in [1.54, 1.807) is 35.9 Å². The van der Waals surface area contributed by atoms with E-state index < -0.39 is 0 Å². The first-order valence-corrected chi connectivity index (χ1v) is 11.6. The number of nitrogens with one attached hydrogen (secondary N) is 1. The Hall–Kier alpha value is -2.19. The molecule has 0 bridgehead atoms. The molecule has 0 radical (unpaired) electrons. The maximum Gasteiger partial charge on any atom is 0.246 e. The molecule has 6 nitrogen and oxygen atoms in total. The van der Waals surface area contributed by atoms with Gasteiger partial charge < -0.3 is 15.1 Å². The van der Waals surface area contributed by atoms with Crippen LogP contribution in [-0.2, 0) is 17.8 Å². The van der Waals surface area contributed by atoms with Crippen molar-refractivity contribution in [2.24, 2.45) is 0 Å². The van der Waals surface area contributed by atoms with E-state index in [1.807, 2.05) is 24.1 Å². The standard InChI is InChI=1S/C22H23Cl2N5OS/c1-3-28(2)9-4-5-19(30)29-10-8-15-18(12-29)31-22-20(15)21(25-13-26-22)27-14-6-7-16(23)17(24)11-14/h4-7,11,13H,3,8-10,12H2,1-2H3,(H,25,26,27)/b5-4+. The number of likely N-dealkylation sites (N-methyl/N-ethyl adjacent to an activating group) is 1. The van der Waals surface area contributed by atoms with Crippen molar-refractivity contribution in [1.82, 2.24) is 19.8 Å². The predicted octanol–water partition coefficient (Wildman–Crippen LogP) is 5.13. The fraction of sp³-hybridized carbons (Fsp3) is 0.318. The lowest BCUT2D eigenvalue weighted by Crippen LogP contribution is -2.34. The van der Waals surface area contributed by atoms with Gasteiger partial charge in [-0.05, 0) is 43.8 Å². The summed E-state index contributed by atoms with van der Waals surface area (Å²) < 4.78 is 0. The van der Waals surface area contributed by atoms with Crippen LogP contribution in [0, 0.1) is 0 Å². The summed E-state index contributed by atoms with van der Waals surface area (Å²) in [6, 6.07) is 5.39. The molecule has 1 aliphatic rings. The van der Waals surface area contributed by atoms with Crippen LogP contribution in [0.15, 0.2) is 36.7 Å². The number of rotatable bonds is 6. The third kappa shape index (κ3) is 4.85. The number of thiophene rings is 1. The summed E-state index contributed by atoms with van der Waals surface area (Å²) in [4.78, 5) is 27.7. The number of fused-ring (bicyclic) bond motifs is 3. The monoisotopic (exact) mass is 475 g/mol. The Morgan fingerprint density at radius 2 is 2.16 bits per heavy atom. The zero-order chi connectivity index (χ0) is 22.0. The van der Waals surface area contributed by atoms with Crippen LogP contribution in [0.4, 0.5) is 11.5 Å². The summed E-state index contributed by atoms with van der Waals surface area (Å²) in [5.74, 6) is 0.788. The largest absolute Gasteiger partial charge is 0.340 e. The average Bonchev–Trinajstić information content (AvgIpc) is 3.14. The quantitative estimate of drug-likeness (QED) is 0.500. The summed E-state index contributed by atoms with van der Waals surface area (Å²) in [7, 11) is 2.03. The molecule has 0 saturated heterocycles. The molecule has 162 valence electrons. The average molecular weight is 476 g/mol. The Balaban J connectivity index is 1.56. The number of carbonyl (C=O) groups is 1. The van der Waals surface area contributed by atoms with E-state index in [4.69, 9.17) is 23.2 Å². The molecule has 4 rings (SSSR count). The minimum absolute atomic E-state index is 0.0489. The van der Waals surface area contributed by atoms with Gasteiger partial charge >= 0.3 is 0 Å². The Labute approximate surface area is 195 Å². The number of hydrogen-bond donors (Lipinski definition) is 1. The molecule has 0 saturated carbocycles. The fourth-order valence-corrected chi connectivity index (χ4v) is 4.99. The summed E-state index contributed by atoms with van der Waals surface area (Å²) in [5.41, 5.74) is 2.02. The van der Waals surface area contributed by atoms with Crippen LogP contribution in [0.2, 0.25) is 10.0 Å². The Morgan fingerprint density at radius 1 is 1.32 bits per heavy atom. The Morgan fingerprint density at radius 3 is 2.94 bits per heavy atom. The number of hydrogen-bond acceptors (Lipinski definition) is 6. The lowest BCUT2D eigenvalue weighted by Gasteiger charge is -2.26. The number of nitrogens with zero attached hydrogens (tertiary/aromatic N) is 4. The van der Waals surface area contributed by atoms with Crippen molar-refractivity contribution in [2.75, 3.05) is 32.0 Å². The maximum atomic E-state index is 12.6. The highest BCUT2D eigenvalue weighted by atomic mass is 35.5. The molecule has 1 N–H and O–H groups in total. The van der Waals surface area contributed by atoms with Crippen LogP contribution < -0.4 is 5.32 Å². The van der Waals surface area contributed by atoms with Gasteiger partial charge in [-0.2, -0.15) is 0 Å². The molecule has 1 aromatic carbocycles. The molecule has 1 amide bonds. The highest BCUT2D eigenvalue weighted by Gasteiger charge is 2.25. The molecule has 1 aliphatic heterocycles. The van der Waals surface area contributed by atoms with Crippen LogP contribution in [0.5, 0.6) is 0 Å². The Kier molecular flexibility index (Phi) is 6.77. The third-order valence-electron chi connectivity index (χ3n) is 5.35. The zero-order valence-electron chi connectivity index (χ0n) is 17.4. The first-order valence-electron chi connectivity index (χ1n) is 10.1. The van der Waals surface area contributed by atoms with Gasteiger partial charge in [0, 0.05) is 29.7 Å². The lowest BCUT2D eigenvalue weighted by atomic mass is 10.0. The van der Waals surface area contributed by atoms with Gasteiger partial charge in [-0.15, -0.1) is 11.3 Å². The van der Waals surface area contributed by atoms with Gasteiger partial charge in [0.1, 0.15) is 17.0 Å². The molecule has 0 aliphatic carbocycles. The summed E-state index contributed by atoms with van der Waals surface area (Å²) in [5, 5.41) is 5.35. The van der Waals surface area contributed by atoms with Crippen molar-refractivity contribution in [2.45, 2.75) is 19.9 Å². The van der Waals surface area contributed by atoms with Gasteiger partial charge in [-0.1, -0.05) is 36.2 Å². The van der Waals surface area contributed by atoms with Gasteiger partial charge in [-0.25, -0.2) is 9.97 Å². The number of amides is 1. The SMILES string of the molecule is CCN(C)C/C=C/C(=O)N1CCc2c(sc3ncnc(Nc4ccc(Cl)c(Cl)c4)c23)C1. The van der Waals surface area contributed by atoms with Gasteiger partial charge in [0.05, 0.1) is 22.0 Å². The van der Waals surface area contributed by atoms with Crippen molar-refractivity contribution < 1.29 is 4.79 Å². The van der Waals surface area contributed by atoms with Crippen molar-refractivity contribution in [1.29, 1.82) is 0 Å². The van der Waals surface area contributed by atoms with Crippen molar-refractivity contribution >= 4 is 62.2 Å². The van der Waals surface area contributed by atoms with Crippen LogP contribution in [-0.4, -0.2) is 52.4 Å². The molecule has 0 unspecified atom stereocenters. The van der Waals surface area contributed by atoms with E-state index in [2.05, 4.69) is 27.1 Å². The molecule has 0 spiro atoms. The van der Waals surface area contributed by atoms with E-state index in [-0.39, 0.29) is 5.91 Å². The number of benzene rings is 1. The smallest absolute Gasteiger partial charge is 0.246 e. The van der Waals surface area contributed by atoms with Crippen molar-refractivity contribution in [3.63, 3.8) is 0 Å². The van der Waals surface area contributed by atoms with E-state index in [1.165, 1.54) is 5.56 Å². The number of anilines is 2. The first-order chi connectivity index (χ1) is 15.0. The molecular weight excluding hydrogens is 453 g/mol. The lowest BCUT2D eigenvalue weighted by molar-refractivity contribution is -0.126. The van der Waals surface area contributed by atoms with Gasteiger partial charge in [0.25, 0.3) is 0 Å². The zero-order valence-corrected chi connectivity index (χ0v) is 19.7. The molecule has 0 fully saturated rings. The van der Waals surface area contributed by atoms with Crippen molar-refractivity contribution in [3.8, 4) is 0 Å². The normalized spacial score (nSPS) is 13.9. The van der Waals surface area contributed by atoms with Crippen LogP contribution in [0.3, 0.4) is 0 Å². The second-order valence-electron chi connectivity index (χ2n) is 7.43. The van der Waals surface area contributed by atoms with Crippen LogP contribution in [0.25, 0.3) is 10.2 Å². The van der Waals surface area contributed by atoms with Crippen molar-refractivity contribution in [3.05, 3.63) is 57.2 Å². The molecular formula is C22H23Cl2N5OS. The van der Waals surface area contributed by atoms with Crippen LogP contribution >= 0.6 is 34.5 Å². The minimum atomic E-state index is 0.0489. The second kappa shape index (κ2) is 9.53. The maximum absolute atomic E-state index is 12.6. The van der Waals surface area contributed by atoms with Gasteiger partial charge in [0.2, 0.25) is 5.91 Å². The predicted molar refractivity (Wildman–Crippen MR) is 129 cm³/mol. The number of aromatic nitrogens is 2. The third-order valence-corrected chi connectivity index (χ3v) is 7.21. The van der Waals surface area contributed by atoms with E-state index in [0.29, 0.717) is 23.1 Å². The topological polar surface area (TPSA) is 61.4 Å². The van der Waals surface area contributed by atoms with E-state index in [0.717, 1.165) is 46.1 Å².